The normalized spacial score (nSPS) is 15.4. The number of carbonyl (C=O) groups is 1. The first kappa shape index (κ1) is 18.8. The number of nitrogens with one attached hydrogen (secondary N) is 1. The van der Waals surface area contributed by atoms with Crippen molar-refractivity contribution in [3.8, 4) is 0 Å². The summed E-state index contributed by atoms with van der Waals surface area (Å²) in [6.07, 6.45) is 3.27. The van der Waals surface area contributed by atoms with E-state index in [-0.39, 0.29) is 17.8 Å². The Kier molecular flexibility index (Phi) is 5.95. The van der Waals surface area contributed by atoms with Crippen LogP contribution in [0.4, 0.5) is 16.2 Å². The van der Waals surface area contributed by atoms with Crippen molar-refractivity contribution in [3.63, 3.8) is 0 Å². The first-order valence-electron chi connectivity index (χ1n) is 9.10. The lowest BCUT2D eigenvalue weighted by Gasteiger charge is -2.36. The van der Waals surface area contributed by atoms with Crippen molar-refractivity contribution in [1.82, 2.24) is 10.2 Å². The molecule has 1 aliphatic heterocycles. The minimum Gasteiger partial charge on any atom is -0.469 e. The van der Waals surface area contributed by atoms with E-state index in [1.165, 1.54) is 12.1 Å². The molecule has 1 saturated heterocycles. The van der Waals surface area contributed by atoms with Crippen molar-refractivity contribution in [1.29, 1.82) is 0 Å². The predicted molar refractivity (Wildman–Crippen MR) is 102 cm³/mol. The number of hydrogen-bond donors (Lipinski definition) is 1. The highest BCUT2D eigenvalue weighted by Gasteiger charge is 2.22. The van der Waals surface area contributed by atoms with E-state index < -0.39 is 4.92 Å². The Hall–Kier alpha value is -3.03. The van der Waals surface area contributed by atoms with Gasteiger partial charge in [-0.3, -0.25) is 10.1 Å². The second-order valence-electron chi connectivity index (χ2n) is 6.72. The molecule has 8 heteroatoms. The number of carbonyl (C=O) groups excluding carboxylic acids is 1. The van der Waals surface area contributed by atoms with Crippen LogP contribution in [0.2, 0.25) is 0 Å². The Balaban J connectivity index is 1.43. The van der Waals surface area contributed by atoms with Crippen molar-refractivity contribution < 1.29 is 14.1 Å². The number of piperazine rings is 1. The summed E-state index contributed by atoms with van der Waals surface area (Å²) in [5, 5.41) is 13.8. The van der Waals surface area contributed by atoms with Crippen molar-refractivity contribution in [2.75, 3.05) is 31.1 Å². The summed E-state index contributed by atoms with van der Waals surface area (Å²) >= 11 is 0. The van der Waals surface area contributed by atoms with Gasteiger partial charge in [0.15, 0.2) is 0 Å². The highest BCUT2D eigenvalue weighted by atomic mass is 16.6. The summed E-state index contributed by atoms with van der Waals surface area (Å²) in [6, 6.07) is 10.3. The van der Waals surface area contributed by atoms with Crippen LogP contribution in [0.5, 0.6) is 0 Å². The molecule has 1 atom stereocenters. The predicted octanol–water partition coefficient (Wildman–Crippen LogP) is 3.04. The molecule has 0 spiro atoms. The van der Waals surface area contributed by atoms with Gasteiger partial charge in [-0.05, 0) is 37.6 Å². The molecule has 0 radical (unpaired) electrons. The number of nitro groups is 1. The second-order valence-corrected chi connectivity index (χ2v) is 6.72. The molecule has 27 heavy (non-hydrogen) atoms. The van der Waals surface area contributed by atoms with E-state index in [1.54, 1.807) is 18.4 Å². The van der Waals surface area contributed by atoms with Crippen molar-refractivity contribution in [2.45, 2.75) is 25.8 Å². The van der Waals surface area contributed by atoms with Gasteiger partial charge in [0, 0.05) is 56.5 Å². The van der Waals surface area contributed by atoms with Gasteiger partial charge in [-0.2, -0.15) is 0 Å². The number of non-ortho nitro benzene ring substituents is 1. The monoisotopic (exact) mass is 372 g/mol. The van der Waals surface area contributed by atoms with Crippen LogP contribution >= 0.6 is 0 Å². The van der Waals surface area contributed by atoms with Crippen LogP contribution in [-0.4, -0.2) is 48.1 Å². The Morgan fingerprint density at radius 2 is 1.93 bits per heavy atom. The van der Waals surface area contributed by atoms with E-state index in [2.05, 4.69) is 10.2 Å². The van der Waals surface area contributed by atoms with Crippen LogP contribution in [0, 0.1) is 10.1 Å². The molecule has 8 nitrogen and oxygen atoms in total. The first-order chi connectivity index (χ1) is 13.0. The van der Waals surface area contributed by atoms with E-state index in [4.69, 9.17) is 4.42 Å². The van der Waals surface area contributed by atoms with Crippen LogP contribution in [0.1, 0.15) is 19.1 Å². The van der Waals surface area contributed by atoms with Gasteiger partial charge in [0.1, 0.15) is 5.76 Å². The molecule has 2 amide bonds. The molecule has 1 aromatic heterocycles. The SMILES string of the molecule is C[C@@H](CCc1ccco1)NC(=O)N1CCN(c2ccc([N+](=O)[O-])cc2)CC1. The molecule has 0 aliphatic carbocycles. The molecule has 144 valence electrons. The Labute approximate surface area is 157 Å². The second kappa shape index (κ2) is 8.57. The molecule has 1 aliphatic rings. The van der Waals surface area contributed by atoms with E-state index in [0.717, 1.165) is 24.3 Å². The van der Waals surface area contributed by atoms with Gasteiger partial charge in [0.2, 0.25) is 0 Å². The summed E-state index contributed by atoms with van der Waals surface area (Å²) in [6.45, 7) is 4.63. The molecule has 2 aromatic rings. The largest absolute Gasteiger partial charge is 0.469 e. The maximum atomic E-state index is 12.4. The number of urea groups is 1. The summed E-state index contributed by atoms with van der Waals surface area (Å²) in [5.74, 6) is 0.924. The fraction of sp³-hybridized carbons (Fsp3) is 0.421. The van der Waals surface area contributed by atoms with Crippen LogP contribution in [0.25, 0.3) is 0 Å². The molecule has 1 N–H and O–H groups in total. The van der Waals surface area contributed by atoms with Crippen LogP contribution in [-0.2, 0) is 6.42 Å². The van der Waals surface area contributed by atoms with Gasteiger partial charge in [-0.15, -0.1) is 0 Å². The molecular formula is C19H24N4O4. The zero-order valence-electron chi connectivity index (χ0n) is 15.3. The highest BCUT2D eigenvalue weighted by Crippen LogP contribution is 2.20. The highest BCUT2D eigenvalue weighted by molar-refractivity contribution is 5.75. The lowest BCUT2D eigenvalue weighted by atomic mass is 10.1. The number of nitrogens with zero attached hydrogens (tertiary/aromatic N) is 3. The third-order valence-electron chi connectivity index (χ3n) is 4.77. The molecule has 0 bridgehead atoms. The summed E-state index contributed by atoms with van der Waals surface area (Å²) in [7, 11) is 0. The van der Waals surface area contributed by atoms with Gasteiger partial charge in [-0.25, -0.2) is 4.79 Å². The summed E-state index contributed by atoms with van der Waals surface area (Å²) in [4.78, 5) is 26.7. The van der Waals surface area contributed by atoms with Crippen LogP contribution in [0.15, 0.2) is 47.1 Å². The maximum absolute atomic E-state index is 12.4. The van der Waals surface area contributed by atoms with E-state index in [9.17, 15) is 14.9 Å². The molecule has 2 heterocycles. The average Bonchev–Trinajstić information content (AvgIpc) is 3.20. The topological polar surface area (TPSA) is 91.9 Å². The summed E-state index contributed by atoms with van der Waals surface area (Å²) < 4.78 is 5.31. The molecular weight excluding hydrogens is 348 g/mol. The third-order valence-corrected chi connectivity index (χ3v) is 4.77. The fourth-order valence-corrected chi connectivity index (χ4v) is 3.14. The van der Waals surface area contributed by atoms with Crippen LogP contribution in [0.3, 0.4) is 0 Å². The minimum atomic E-state index is -0.404. The molecule has 1 fully saturated rings. The standard InChI is InChI=1S/C19H24N4O4/c1-15(4-9-18-3-2-14-27-18)20-19(24)22-12-10-21(11-13-22)16-5-7-17(8-6-16)23(25)26/h2-3,5-8,14-15H,4,9-13H2,1H3,(H,20,24)/t15-/m0/s1. The number of furan rings is 1. The average molecular weight is 372 g/mol. The van der Waals surface area contributed by atoms with E-state index in [0.29, 0.717) is 26.2 Å². The summed E-state index contributed by atoms with van der Waals surface area (Å²) in [5.41, 5.74) is 1.02. The number of rotatable bonds is 6. The Morgan fingerprint density at radius 1 is 1.22 bits per heavy atom. The number of hydrogen-bond acceptors (Lipinski definition) is 5. The number of aryl methyl sites for hydroxylation is 1. The van der Waals surface area contributed by atoms with Crippen LogP contribution < -0.4 is 10.2 Å². The van der Waals surface area contributed by atoms with Crippen molar-refractivity contribution in [2.24, 2.45) is 0 Å². The molecule has 1 aromatic carbocycles. The van der Waals surface area contributed by atoms with Gasteiger partial charge in [-0.1, -0.05) is 0 Å². The van der Waals surface area contributed by atoms with Gasteiger partial charge in [0.05, 0.1) is 11.2 Å². The number of anilines is 1. The van der Waals surface area contributed by atoms with Gasteiger partial charge >= 0.3 is 6.03 Å². The number of benzene rings is 1. The fourth-order valence-electron chi connectivity index (χ4n) is 3.14. The Morgan fingerprint density at radius 3 is 2.52 bits per heavy atom. The smallest absolute Gasteiger partial charge is 0.317 e. The van der Waals surface area contributed by atoms with Crippen molar-refractivity contribution in [3.05, 3.63) is 58.5 Å². The lowest BCUT2D eigenvalue weighted by Crippen LogP contribution is -2.53. The first-order valence-corrected chi connectivity index (χ1v) is 9.10. The van der Waals surface area contributed by atoms with E-state index in [1.807, 2.05) is 24.0 Å². The number of nitro benzene ring substituents is 1. The quantitative estimate of drug-likeness (QED) is 0.621. The maximum Gasteiger partial charge on any atom is 0.317 e. The third kappa shape index (κ3) is 4.99. The lowest BCUT2D eigenvalue weighted by molar-refractivity contribution is -0.384. The minimum absolute atomic E-state index is 0.0507. The van der Waals surface area contributed by atoms with Gasteiger partial charge < -0.3 is 19.5 Å². The molecule has 0 unspecified atom stereocenters. The molecule has 3 rings (SSSR count). The van der Waals surface area contributed by atoms with Crippen molar-refractivity contribution >= 4 is 17.4 Å². The number of amides is 2. The zero-order chi connectivity index (χ0) is 19.2. The molecule has 0 saturated carbocycles. The Bertz CT molecular complexity index is 753. The zero-order valence-corrected chi connectivity index (χ0v) is 15.3. The van der Waals surface area contributed by atoms with Gasteiger partial charge in [0.25, 0.3) is 5.69 Å². The van der Waals surface area contributed by atoms with E-state index >= 15 is 0 Å².